The summed E-state index contributed by atoms with van der Waals surface area (Å²) in [6.07, 6.45) is 8.80. The van der Waals surface area contributed by atoms with Crippen LogP contribution in [-0.2, 0) is 14.4 Å². The zero-order valence-electron chi connectivity index (χ0n) is 25.7. The van der Waals surface area contributed by atoms with E-state index in [1.807, 2.05) is 26.0 Å². The summed E-state index contributed by atoms with van der Waals surface area (Å²) < 4.78 is 0. The third-order valence-corrected chi connectivity index (χ3v) is 13.3. The molecule has 0 unspecified atom stereocenters. The van der Waals surface area contributed by atoms with Gasteiger partial charge in [0.2, 0.25) is 5.91 Å². The van der Waals surface area contributed by atoms with Crippen molar-refractivity contribution in [3.8, 4) is 12.1 Å². The molecule has 0 radical (unpaired) electrons. The van der Waals surface area contributed by atoms with E-state index < -0.39 is 27.3 Å². The number of rotatable bonds is 3. The molecule has 5 aliphatic carbocycles. The predicted octanol–water partition coefficient (Wildman–Crippen LogP) is 5.35. The maximum Gasteiger partial charge on any atom is 0.234 e. The van der Waals surface area contributed by atoms with Gasteiger partial charge < -0.3 is 10.4 Å². The van der Waals surface area contributed by atoms with Crippen LogP contribution in [0.25, 0.3) is 0 Å². The van der Waals surface area contributed by atoms with Crippen LogP contribution < -0.4 is 5.32 Å². The van der Waals surface area contributed by atoms with Gasteiger partial charge in [-0.05, 0) is 78.8 Å². The van der Waals surface area contributed by atoms with Gasteiger partial charge in [-0.1, -0.05) is 54.5 Å². The lowest BCUT2D eigenvalue weighted by Crippen LogP contribution is -2.74. The number of hydrogen-bond donors (Lipinski definition) is 2. The molecule has 5 aliphatic rings. The number of amides is 1. The number of Topliss-reactive ketones (excluding diaryl/α,β-unsaturated/α-hetero) is 1. The summed E-state index contributed by atoms with van der Waals surface area (Å²) in [5, 5.41) is 34.7. The molecule has 0 saturated heterocycles. The summed E-state index contributed by atoms with van der Waals surface area (Å²) in [5.41, 5.74) is -3.62. The fraction of sp³-hybridized carbons (Fsp3) is 0.735. The minimum atomic E-state index is -1.58. The van der Waals surface area contributed by atoms with E-state index in [1.54, 1.807) is 6.08 Å². The third kappa shape index (κ3) is 3.67. The maximum atomic E-state index is 14.5. The molecule has 0 bridgehead atoms. The smallest absolute Gasteiger partial charge is 0.234 e. The van der Waals surface area contributed by atoms with Gasteiger partial charge in [-0.15, -0.1) is 0 Å². The summed E-state index contributed by atoms with van der Waals surface area (Å²) in [6.45, 7) is 15.0. The van der Waals surface area contributed by atoms with Crippen molar-refractivity contribution in [3.63, 3.8) is 0 Å². The van der Waals surface area contributed by atoms with Gasteiger partial charge >= 0.3 is 0 Å². The number of nitrogens with one attached hydrogen (secondary N) is 1. The highest BCUT2D eigenvalue weighted by Crippen LogP contribution is 2.75. The molecule has 0 aromatic carbocycles. The quantitative estimate of drug-likeness (QED) is 0.479. The average molecular weight is 560 g/mol. The van der Waals surface area contributed by atoms with Gasteiger partial charge in [-0.25, -0.2) is 0 Å². The Morgan fingerprint density at radius 3 is 2.29 bits per heavy atom. The van der Waals surface area contributed by atoms with Gasteiger partial charge in [0.25, 0.3) is 0 Å². The maximum absolute atomic E-state index is 14.5. The van der Waals surface area contributed by atoms with Crippen LogP contribution in [-0.4, -0.2) is 34.7 Å². The number of carbonyl (C=O) groups is 3. The number of nitrogens with zero attached hydrogens (tertiary/aromatic N) is 2. The van der Waals surface area contributed by atoms with Crippen molar-refractivity contribution in [2.75, 3.05) is 6.54 Å². The van der Waals surface area contributed by atoms with E-state index in [1.165, 1.54) is 0 Å². The first kappa shape index (κ1) is 29.7. The molecule has 0 spiro atoms. The Kier molecular flexibility index (Phi) is 6.43. The first-order chi connectivity index (χ1) is 18.9. The largest absolute Gasteiger partial charge is 0.381 e. The van der Waals surface area contributed by atoms with Crippen LogP contribution in [0.4, 0.5) is 0 Å². The topological polar surface area (TPSA) is 131 Å². The lowest BCUT2D eigenvalue weighted by molar-refractivity contribution is -0.243. The van der Waals surface area contributed by atoms with Gasteiger partial charge in [0.1, 0.15) is 18.1 Å². The molecule has 5 rings (SSSR count). The second kappa shape index (κ2) is 8.87. The van der Waals surface area contributed by atoms with Gasteiger partial charge in [0.05, 0.1) is 11.6 Å². The molecule has 1 amide bonds. The molecule has 2 N–H and O–H groups in total. The Morgan fingerprint density at radius 1 is 1.00 bits per heavy atom. The van der Waals surface area contributed by atoms with E-state index in [2.05, 4.69) is 46.0 Å². The Hall–Kier alpha value is -2.77. The Bertz CT molecular complexity index is 1380. The van der Waals surface area contributed by atoms with Crippen LogP contribution in [0.2, 0.25) is 0 Å². The van der Waals surface area contributed by atoms with Gasteiger partial charge in [0, 0.05) is 28.7 Å². The third-order valence-electron chi connectivity index (χ3n) is 13.3. The summed E-state index contributed by atoms with van der Waals surface area (Å²) >= 11 is 0. The lowest BCUT2D eigenvalue weighted by atomic mass is 9.33. The van der Waals surface area contributed by atoms with Gasteiger partial charge in [-0.2, -0.15) is 10.5 Å². The van der Waals surface area contributed by atoms with Crippen molar-refractivity contribution < 1.29 is 19.5 Å². The van der Waals surface area contributed by atoms with Gasteiger partial charge in [0.15, 0.2) is 11.6 Å². The predicted molar refractivity (Wildman–Crippen MR) is 154 cm³/mol. The van der Waals surface area contributed by atoms with Crippen LogP contribution in [0.5, 0.6) is 0 Å². The number of nitriles is 2. The van der Waals surface area contributed by atoms with Crippen molar-refractivity contribution in [1.29, 1.82) is 10.5 Å². The minimum absolute atomic E-state index is 0.0506. The van der Waals surface area contributed by atoms with E-state index >= 15 is 0 Å². The number of aliphatic hydroxyl groups is 1. The van der Waals surface area contributed by atoms with Crippen molar-refractivity contribution in [3.05, 3.63) is 23.3 Å². The van der Waals surface area contributed by atoms with Gasteiger partial charge in [-0.3, -0.25) is 14.4 Å². The Balaban J connectivity index is 1.62. The molecule has 3 saturated carbocycles. The second-order valence-corrected chi connectivity index (χ2v) is 15.8. The highest BCUT2D eigenvalue weighted by atomic mass is 16.3. The summed E-state index contributed by atoms with van der Waals surface area (Å²) in [6, 6.07) is 4.04. The molecule has 0 aromatic rings. The number of allylic oxidation sites excluding steroid dienone is 3. The molecule has 220 valence electrons. The number of ketones is 2. The number of fused-ring (bicyclic) bond motifs is 7. The minimum Gasteiger partial charge on any atom is -0.381 e. The van der Waals surface area contributed by atoms with E-state index in [9.17, 15) is 24.8 Å². The molecular formula is C34H45N3O4. The van der Waals surface area contributed by atoms with Crippen LogP contribution in [0.3, 0.4) is 0 Å². The van der Waals surface area contributed by atoms with E-state index in [-0.39, 0.29) is 52.1 Å². The molecular weight excluding hydrogens is 514 g/mol. The Labute approximate surface area is 244 Å². The molecule has 7 heteroatoms. The number of carbonyl (C=O) groups excluding carboxylic acids is 3. The fourth-order valence-electron chi connectivity index (χ4n) is 10.4. The first-order valence-corrected chi connectivity index (χ1v) is 15.2. The molecule has 0 aromatic heterocycles. The standard InChI is InChI=1S/C34H45N3O4/c1-28(2)22-8-10-32(6)23(31(22,5)17-21(19-36)27(28)40)16-25(38)34(41)24-18-29(3,20-37-26(39)9-15-35)11-12-30(24,4)13-14-33(32,34)7/h16-17,22,24,41H,8-14,18,20H2,1-7H3,(H,37,39)/t22-,24+,29-,30+,31-,32+,33-,34+/m0/s1. The Morgan fingerprint density at radius 2 is 1.66 bits per heavy atom. The fourth-order valence-corrected chi connectivity index (χ4v) is 10.4. The summed E-state index contributed by atoms with van der Waals surface area (Å²) in [7, 11) is 0. The summed E-state index contributed by atoms with van der Waals surface area (Å²) in [4.78, 5) is 39.9. The molecule has 3 fully saturated rings. The van der Waals surface area contributed by atoms with Crippen LogP contribution in [0.15, 0.2) is 23.3 Å². The SMILES string of the molecule is CC1(C)C(=O)C(C#N)=C[C@]2(C)C3=CC(=O)[C@]4(O)[C@@H]5C[C@@](C)(CNC(=O)CC#N)CC[C@]5(C)CC[C@@]4(C)[C@]3(C)CC[C@@H]12. The highest BCUT2D eigenvalue weighted by molar-refractivity contribution is 6.05. The van der Waals surface area contributed by atoms with Crippen LogP contribution >= 0.6 is 0 Å². The van der Waals surface area contributed by atoms with Crippen molar-refractivity contribution >= 4 is 17.5 Å². The van der Waals surface area contributed by atoms with Crippen LogP contribution in [0, 0.1) is 67.0 Å². The molecule has 41 heavy (non-hydrogen) atoms. The summed E-state index contributed by atoms with van der Waals surface area (Å²) in [5.74, 6) is -1.03. The van der Waals surface area contributed by atoms with Crippen molar-refractivity contribution in [2.45, 2.75) is 105 Å². The van der Waals surface area contributed by atoms with E-state index in [4.69, 9.17) is 5.26 Å². The average Bonchev–Trinajstić information content (AvgIpc) is 2.90. The van der Waals surface area contributed by atoms with E-state index in [0.29, 0.717) is 19.4 Å². The van der Waals surface area contributed by atoms with Crippen molar-refractivity contribution in [2.24, 2.45) is 44.3 Å². The van der Waals surface area contributed by atoms with E-state index in [0.717, 1.165) is 37.7 Å². The molecule has 0 heterocycles. The zero-order valence-corrected chi connectivity index (χ0v) is 25.7. The second-order valence-electron chi connectivity index (χ2n) is 15.8. The van der Waals surface area contributed by atoms with Crippen LogP contribution in [0.1, 0.15) is 99.8 Å². The number of hydrogen-bond acceptors (Lipinski definition) is 6. The lowest BCUT2D eigenvalue weighted by Gasteiger charge is -2.71. The molecule has 0 aliphatic heterocycles. The zero-order chi connectivity index (χ0) is 30.4. The molecule has 8 atom stereocenters. The highest BCUT2D eigenvalue weighted by Gasteiger charge is 2.75. The first-order valence-electron chi connectivity index (χ1n) is 15.2. The normalized spacial score (nSPS) is 46.3. The van der Waals surface area contributed by atoms with Crippen molar-refractivity contribution in [1.82, 2.24) is 5.32 Å². The molecule has 7 nitrogen and oxygen atoms in total. The monoisotopic (exact) mass is 559 g/mol.